The molecule has 30 heavy (non-hydrogen) atoms. The SMILES string of the molecule is C[C@H]1[C@@H](Oc2ccc3ccccc3c2)O[C@@H]2O[C@@]3(C)CC[C@H]4[C@H](C)CC[C@@H]1[C@@]24OO3. The van der Waals surface area contributed by atoms with Crippen LogP contribution in [-0.4, -0.2) is 24.0 Å². The standard InChI is InChI=1S/C25H30O5/c1-15-8-11-21-16(2)22(26-19-10-9-17-6-4-5-7-18(17)14-19)27-23-25(21)20(15)12-13-24(3,28-23)29-30-25/h4-7,9-10,14-16,20-23H,8,11-13H2,1-3H3/t15-,16-,20+,21+,22+,23-,24-,25-/m1/s1. The first-order valence-corrected chi connectivity index (χ1v) is 11.3. The third-order valence-corrected chi connectivity index (χ3v) is 8.07. The molecule has 1 saturated carbocycles. The maximum absolute atomic E-state index is 6.52. The van der Waals surface area contributed by atoms with E-state index in [0.717, 1.165) is 30.4 Å². The quantitative estimate of drug-likeness (QED) is 0.618. The van der Waals surface area contributed by atoms with Crippen LogP contribution in [0, 0.1) is 23.7 Å². The van der Waals surface area contributed by atoms with Gasteiger partial charge in [-0.3, -0.25) is 0 Å². The molecule has 0 N–H and O–H groups in total. The van der Waals surface area contributed by atoms with Crippen LogP contribution in [0.25, 0.3) is 10.8 Å². The molecule has 5 nitrogen and oxygen atoms in total. The summed E-state index contributed by atoms with van der Waals surface area (Å²) in [4.78, 5) is 12.1. The smallest absolute Gasteiger partial charge is 0.205 e. The molecule has 0 amide bonds. The van der Waals surface area contributed by atoms with Gasteiger partial charge in [-0.15, -0.1) is 0 Å². The molecule has 1 spiro atoms. The Balaban J connectivity index is 1.34. The first-order chi connectivity index (χ1) is 14.5. The van der Waals surface area contributed by atoms with E-state index < -0.39 is 17.7 Å². The van der Waals surface area contributed by atoms with E-state index in [1.54, 1.807) is 0 Å². The second-order valence-electron chi connectivity index (χ2n) is 9.90. The van der Waals surface area contributed by atoms with Crippen LogP contribution in [0.3, 0.4) is 0 Å². The lowest BCUT2D eigenvalue weighted by Gasteiger charge is -2.60. The number of hydrogen-bond acceptors (Lipinski definition) is 5. The molecular formula is C25H30O5. The van der Waals surface area contributed by atoms with Crippen molar-refractivity contribution in [2.24, 2.45) is 23.7 Å². The Morgan fingerprint density at radius 1 is 0.933 bits per heavy atom. The molecule has 0 aromatic heterocycles. The van der Waals surface area contributed by atoms with Crippen LogP contribution < -0.4 is 4.74 Å². The molecule has 4 heterocycles. The van der Waals surface area contributed by atoms with Gasteiger partial charge in [0.05, 0.1) is 0 Å². The van der Waals surface area contributed by atoms with Crippen molar-refractivity contribution in [3.05, 3.63) is 42.5 Å². The lowest BCUT2D eigenvalue weighted by Crippen LogP contribution is -2.70. The first kappa shape index (κ1) is 19.1. The topological polar surface area (TPSA) is 46.2 Å². The minimum Gasteiger partial charge on any atom is -0.465 e. The predicted molar refractivity (Wildman–Crippen MR) is 111 cm³/mol. The summed E-state index contributed by atoms with van der Waals surface area (Å²) in [6.45, 7) is 6.51. The van der Waals surface area contributed by atoms with Gasteiger partial charge in [0.2, 0.25) is 12.1 Å². The van der Waals surface area contributed by atoms with Gasteiger partial charge in [-0.25, -0.2) is 9.78 Å². The van der Waals surface area contributed by atoms with E-state index in [2.05, 4.69) is 44.2 Å². The van der Waals surface area contributed by atoms with E-state index in [0.29, 0.717) is 11.8 Å². The highest BCUT2D eigenvalue weighted by Crippen LogP contribution is 2.60. The Labute approximate surface area is 177 Å². The highest BCUT2D eigenvalue weighted by molar-refractivity contribution is 5.83. The minimum atomic E-state index is -0.758. The molecule has 4 aliphatic heterocycles. The van der Waals surface area contributed by atoms with Crippen LogP contribution in [0.4, 0.5) is 0 Å². The van der Waals surface area contributed by atoms with E-state index in [1.165, 1.54) is 11.8 Å². The molecule has 8 atom stereocenters. The molecule has 0 radical (unpaired) electrons. The Hall–Kier alpha value is -1.66. The van der Waals surface area contributed by atoms with Crippen molar-refractivity contribution in [1.82, 2.24) is 0 Å². The van der Waals surface area contributed by atoms with E-state index in [-0.39, 0.29) is 18.1 Å². The molecule has 7 rings (SSSR count). The maximum Gasteiger partial charge on any atom is 0.205 e. The van der Waals surface area contributed by atoms with E-state index in [9.17, 15) is 0 Å². The Bertz CT molecular complexity index is 961. The average Bonchev–Trinajstić information content (AvgIpc) is 2.98. The van der Waals surface area contributed by atoms with E-state index >= 15 is 0 Å². The summed E-state index contributed by atoms with van der Waals surface area (Å²) < 4.78 is 19.4. The van der Waals surface area contributed by atoms with Crippen LogP contribution in [-0.2, 0) is 19.2 Å². The zero-order valence-corrected chi connectivity index (χ0v) is 17.9. The van der Waals surface area contributed by atoms with Gasteiger partial charge in [-0.2, -0.15) is 0 Å². The molecule has 160 valence electrons. The maximum atomic E-state index is 6.52. The van der Waals surface area contributed by atoms with Gasteiger partial charge >= 0.3 is 0 Å². The number of benzene rings is 2. The fraction of sp³-hybridized carbons (Fsp3) is 0.600. The van der Waals surface area contributed by atoms with Gasteiger partial charge < -0.3 is 14.2 Å². The summed E-state index contributed by atoms with van der Waals surface area (Å²) in [6.07, 6.45) is 3.26. The molecule has 2 aromatic rings. The van der Waals surface area contributed by atoms with Gasteiger partial charge in [-0.1, -0.05) is 44.2 Å². The largest absolute Gasteiger partial charge is 0.465 e. The van der Waals surface area contributed by atoms with Gasteiger partial charge in [0, 0.05) is 18.3 Å². The van der Waals surface area contributed by atoms with E-state index in [1.807, 2.05) is 19.1 Å². The Morgan fingerprint density at radius 2 is 1.77 bits per heavy atom. The van der Waals surface area contributed by atoms with E-state index in [4.69, 9.17) is 24.0 Å². The van der Waals surface area contributed by atoms with Crippen molar-refractivity contribution < 1.29 is 24.0 Å². The fourth-order valence-corrected chi connectivity index (χ4v) is 6.38. The lowest BCUT2D eigenvalue weighted by molar-refractivity contribution is -0.575. The predicted octanol–water partition coefficient (Wildman–Crippen LogP) is 5.43. The third-order valence-electron chi connectivity index (χ3n) is 8.07. The summed E-state index contributed by atoms with van der Waals surface area (Å²) in [7, 11) is 0. The highest BCUT2D eigenvalue weighted by Gasteiger charge is 2.69. The van der Waals surface area contributed by atoms with Gasteiger partial charge in [0.1, 0.15) is 5.75 Å². The second-order valence-corrected chi connectivity index (χ2v) is 9.90. The second kappa shape index (κ2) is 6.67. The number of fused-ring (bicyclic) bond motifs is 3. The zero-order chi connectivity index (χ0) is 20.5. The lowest BCUT2D eigenvalue weighted by atomic mass is 9.58. The molecule has 2 aromatic carbocycles. The summed E-state index contributed by atoms with van der Waals surface area (Å²) >= 11 is 0. The number of rotatable bonds is 2. The third kappa shape index (κ3) is 2.69. The van der Waals surface area contributed by atoms with Crippen molar-refractivity contribution in [3.63, 3.8) is 0 Å². The van der Waals surface area contributed by atoms with Crippen molar-refractivity contribution in [2.75, 3.05) is 0 Å². The van der Waals surface area contributed by atoms with Crippen LogP contribution in [0.15, 0.2) is 42.5 Å². The molecule has 1 aliphatic carbocycles. The van der Waals surface area contributed by atoms with Crippen molar-refractivity contribution in [3.8, 4) is 5.75 Å². The molecule has 5 heteroatoms. The summed E-state index contributed by atoms with van der Waals surface area (Å²) in [6, 6.07) is 14.5. The zero-order valence-electron chi connectivity index (χ0n) is 17.9. The summed E-state index contributed by atoms with van der Waals surface area (Å²) in [5, 5.41) is 2.36. The van der Waals surface area contributed by atoms with Crippen LogP contribution >= 0.6 is 0 Å². The van der Waals surface area contributed by atoms with Crippen molar-refractivity contribution >= 4 is 10.8 Å². The van der Waals surface area contributed by atoms with Crippen LogP contribution in [0.5, 0.6) is 5.75 Å². The molecule has 5 fully saturated rings. The molecule has 4 saturated heterocycles. The van der Waals surface area contributed by atoms with Crippen LogP contribution in [0.2, 0.25) is 0 Å². The summed E-state index contributed by atoms with van der Waals surface area (Å²) in [5.41, 5.74) is -0.545. The number of ether oxygens (including phenoxy) is 3. The highest BCUT2D eigenvalue weighted by atomic mass is 17.3. The normalized spacial score (nSPS) is 45.0. The fourth-order valence-electron chi connectivity index (χ4n) is 6.38. The van der Waals surface area contributed by atoms with Crippen molar-refractivity contribution in [2.45, 2.75) is 70.4 Å². The summed E-state index contributed by atoms with van der Waals surface area (Å²) in [5.74, 6) is 1.43. The number of hydrogen-bond donors (Lipinski definition) is 0. The van der Waals surface area contributed by atoms with Crippen LogP contribution in [0.1, 0.15) is 46.5 Å². The van der Waals surface area contributed by atoms with Gasteiger partial charge in [0.15, 0.2) is 11.9 Å². The van der Waals surface area contributed by atoms with Crippen molar-refractivity contribution in [1.29, 1.82) is 0 Å². The first-order valence-electron chi connectivity index (χ1n) is 11.3. The molecule has 5 aliphatic rings. The van der Waals surface area contributed by atoms with Gasteiger partial charge in [0.25, 0.3) is 0 Å². The average molecular weight is 411 g/mol. The Morgan fingerprint density at radius 3 is 2.63 bits per heavy atom. The minimum absolute atomic E-state index is 0.164. The molecule has 0 unspecified atom stereocenters. The molecular weight excluding hydrogens is 380 g/mol. The Kier molecular flexibility index (Phi) is 4.24. The van der Waals surface area contributed by atoms with Gasteiger partial charge in [-0.05, 0) is 60.9 Å². The monoisotopic (exact) mass is 410 g/mol. The molecule has 2 bridgehead atoms.